The molecule has 0 aromatic heterocycles. The van der Waals surface area contributed by atoms with Crippen molar-refractivity contribution in [2.45, 2.75) is 27.1 Å². The molecule has 0 atom stereocenters. The van der Waals surface area contributed by atoms with Gasteiger partial charge in [0, 0.05) is 12.6 Å². The third kappa shape index (κ3) is 6.31. The van der Waals surface area contributed by atoms with Gasteiger partial charge in [-0.15, -0.1) is 0 Å². The monoisotopic (exact) mass is 447 g/mol. The second-order valence-corrected chi connectivity index (χ2v) is 7.60. The number of oxime groups is 1. The standard InChI is InChI=1S/C25H29N5O3/c1-18-15-21(19(2)28-33-16-20-9-5-4-6-10-20)13-14-24(18)32-17-22-11-7-8-12-23(22)30(27)25(31)29(3)26/h4-15H,16-17,26-27H2,1-3H3. The van der Waals surface area contributed by atoms with Crippen molar-refractivity contribution in [2.24, 2.45) is 16.8 Å². The Labute approximate surface area is 193 Å². The Bertz CT molecular complexity index is 1120. The number of urea groups is 1. The summed E-state index contributed by atoms with van der Waals surface area (Å²) in [5, 5.41) is 6.15. The molecule has 172 valence electrons. The van der Waals surface area contributed by atoms with E-state index < -0.39 is 6.03 Å². The second-order valence-electron chi connectivity index (χ2n) is 7.60. The van der Waals surface area contributed by atoms with Crippen LogP contribution < -0.4 is 21.4 Å². The molecular formula is C25H29N5O3. The highest BCUT2D eigenvalue weighted by atomic mass is 16.6. The van der Waals surface area contributed by atoms with E-state index in [0.29, 0.717) is 12.3 Å². The molecule has 8 nitrogen and oxygen atoms in total. The van der Waals surface area contributed by atoms with Crippen molar-refractivity contribution in [2.75, 3.05) is 12.1 Å². The lowest BCUT2D eigenvalue weighted by Gasteiger charge is -2.23. The van der Waals surface area contributed by atoms with E-state index in [2.05, 4.69) is 5.16 Å². The SMILES string of the molecule is CC(=NOCc1ccccc1)c1ccc(OCc2ccccc2N(N)C(=O)N(C)N)c(C)c1. The first-order valence-electron chi connectivity index (χ1n) is 10.5. The predicted molar refractivity (Wildman–Crippen MR) is 129 cm³/mol. The quantitative estimate of drug-likeness (QED) is 0.234. The summed E-state index contributed by atoms with van der Waals surface area (Å²) in [6, 6.07) is 22.4. The number of aryl methyl sites for hydroxylation is 1. The minimum absolute atomic E-state index is 0.235. The van der Waals surface area contributed by atoms with E-state index in [4.69, 9.17) is 21.3 Å². The molecule has 3 rings (SSSR count). The van der Waals surface area contributed by atoms with Gasteiger partial charge in [0.1, 0.15) is 19.0 Å². The summed E-state index contributed by atoms with van der Waals surface area (Å²) in [6.07, 6.45) is 0. The number of hydrazine groups is 2. The molecule has 0 heterocycles. The van der Waals surface area contributed by atoms with Gasteiger partial charge in [-0.1, -0.05) is 53.7 Å². The van der Waals surface area contributed by atoms with Crippen LogP contribution in [0, 0.1) is 6.92 Å². The summed E-state index contributed by atoms with van der Waals surface area (Å²) in [7, 11) is 1.43. The highest BCUT2D eigenvalue weighted by molar-refractivity contribution is 5.98. The van der Waals surface area contributed by atoms with Crippen LogP contribution in [-0.2, 0) is 18.1 Å². The average Bonchev–Trinajstić information content (AvgIpc) is 2.83. The summed E-state index contributed by atoms with van der Waals surface area (Å²) in [6.45, 7) is 4.51. The molecule has 33 heavy (non-hydrogen) atoms. The van der Waals surface area contributed by atoms with Crippen LogP contribution in [0.5, 0.6) is 5.75 Å². The molecule has 0 radical (unpaired) electrons. The van der Waals surface area contributed by atoms with Crippen LogP contribution in [0.3, 0.4) is 0 Å². The van der Waals surface area contributed by atoms with Gasteiger partial charge in [-0.25, -0.2) is 21.5 Å². The Morgan fingerprint density at radius 3 is 2.36 bits per heavy atom. The van der Waals surface area contributed by atoms with Gasteiger partial charge >= 0.3 is 6.03 Å². The fraction of sp³-hybridized carbons (Fsp3) is 0.200. The first kappa shape index (κ1) is 23.8. The van der Waals surface area contributed by atoms with Gasteiger partial charge in [-0.2, -0.15) is 0 Å². The molecule has 3 aromatic rings. The lowest BCUT2D eigenvalue weighted by Crippen LogP contribution is -2.49. The molecule has 0 unspecified atom stereocenters. The van der Waals surface area contributed by atoms with Gasteiger partial charge in [-0.3, -0.25) is 5.01 Å². The zero-order valence-electron chi connectivity index (χ0n) is 19.1. The zero-order chi connectivity index (χ0) is 23.8. The van der Waals surface area contributed by atoms with Crippen molar-refractivity contribution in [1.82, 2.24) is 5.01 Å². The van der Waals surface area contributed by atoms with E-state index in [1.54, 1.807) is 12.1 Å². The summed E-state index contributed by atoms with van der Waals surface area (Å²) < 4.78 is 6.02. The largest absolute Gasteiger partial charge is 0.489 e. The number of anilines is 1. The molecule has 2 amide bonds. The normalized spacial score (nSPS) is 11.1. The van der Waals surface area contributed by atoms with Gasteiger partial charge in [0.05, 0.1) is 11.4 Å². The third-order valence-corrected chi connectivity index (χ3v) is 5.01. The Kier molecular flexibility index (Phi) is 8.01. The minimum atomic E-state index is -0.535. The molecule has 0 saturated heterocycles. The van der Waals surface area contributed by atoms with Gasteiger partial charge in [0.25, 0.3) is 0 Å². The van der Waals surface area contributed by atoms with Crippen LogP contribution in [0.25, 0.3) is 0 Å². The van der Waals surface area contributed by atoms with Crippen molar-refractivity contribution in [1.29, 1.82) is 0 Å². The highest BCUT2D eigenvalue weighted by Crippen LogP contribution is 2.24. The number of hydrogen-bond donors (Lipinski definition) is 2. The number of carbonyl (C=O) groups is 1. The lowest BCUT2D eigenvalue weighted by molar-refractivity contribution is 0.130. The van der Waals surface area contributed by atoms with Crippen molar-refractivity contribution < 1.29 is 14.4 Å². The van der Waals surface area contributed by atoms with Crippen molar-refractivity contribution in [3.63, 3.8) is 0 Å². The number of nitrogens with two attached hydrogens (primary N) is 2. The first-order chi connectivity index (χ1) is 15.9. The molecule has 0 spiro atoms. The molecule has 3 aromatic carbocycles. The maximum absolute atomic E-state index is 12.1. The van der Waals surface area contributed by atoms with Crippen molar-refractivity contribution in [3.05, 3.63) is 95.1 Å². The van der Waals surface area contributed by atoms with Crippen molar-refractivity contribution in [3.8, 4) is 5.75 Å². The lowest BCUT2D eigenvalue weighted by atomic mass is 10.1. The van der Waals surface area contributed by atoms with Crippen LogP contribution in [0.15, 0.2) is 78.0 Å². The predicted octanol–water partition coefficient (Wildman–Crippen LogP) is 4.12. The molecule has 8 heteroatoms. The van der Waals surface area contributed by atoms with Gasteiger partial charge < -0.3 is 9.57 Å². The molecule has 0 bridgehead atoms. The fourth-order valence-electron chi connectivity index (χ4n) is 3.16. The average molecular weight is 448 g/mol. The van der Waals surface area contributed by atoms with Crippen LogP contribution in [0.1, 0.15) is 29.2 Å². The smallest absolute Gasteiger partial charge is 0.352 e. The fourth-order valence-corrected chi connectivity index (χ4v) is 3.16. The summed E-state index contributed by atoms with van der Waals surface area (Å²) in [5.41, 5.74) is 5.00. The molecule has 0 fully saturated rings. The molecule has 0 saturated carbocycles. The molecular weight excluding hydrogens is 418 g/mol. The van der Waals surface area contributed by atoms with Crippen LogP contribution in [0.2, 0.25) is 0 Å². The minimum Gasteiger partial charge on any atom is -0.489 e. The van der Waals surface area contributed by atoms with E-state index in [0.717, 1.165) is 43.7 Å². The topological polar surface area (TPSA) is 106 Å². The molecule has 4 N–H and O–H groups in total. The van der Waals surface area contributed by atoms with E-state index in [1.165, 1.54) is 7.05 Å². The number of para-hydroxylation sites is 1. The number of amides is 2. The zero-order valence-corrected chi connectivity index (χ0v) is 19.1. The maximum atomic E-state index is 12.1. The summed E-state index contributed by atoms with van der Waals surface area (Å²) >= 11 is 0. The molecule has 0 aliphatic carbocycles. The molecule has 0 aliphatic heterocycles. The van der Waals surface area contributed by atoms with Crippen LogP contribution in [-0.4, -0.2) is 23.8 Å². The highest BCUT2D eigenvalue weighted by Gasteiger charge is 2.17. The third-order valence-electron chi connectivity index (χ3n) is 5.01. The summed E-state index contributed by atoms with van der Waals surface area (Å²) in [5.74, 6) is 12.2. The number of rotatable bonds is 8. The number of benzene rings is 3. The van der Waals surface area contributed by atoms with E-state index >= 15 is 0 Å². The Morgan fingerprint density at radius 2 is 1.67 bits per heavy atom. The Hall–Kier alpha value is -3.88. The first-order valence-corrected chi connectivity index (χ1v) is 10.5. The number of nitrogens with zero attached hydrogens (tertiary/aromatic N) is 3. The van der Waals surface area contributed by atoms with Gasteiger partial charge in [0.2, 0.25) is 0 Å². The van der Waals surface area contributed by atoms with Gasteiger partial charge in [0.15, 0.2) is 0 Å². The summed E-state index contributed by atoms with van der Waals surface area (Å²) in [4.78, 5) is 17.6. The number of ether oxygens (including phenoxy) is 1. The van der Waals surface area contributed by atoms with Crippen LogP contribution in [0.4, 0.5) is 10.5 Å². The van der Waals surface area contributed by atoms with Crippen molar-refractivity contribution >= 4 is 17.4 Å². The Morgan fingerprint density at radius 1 is 0.970 bits per heavy atom. The second kappa shape index (κ2) is 11.1. The maximum Gasteiger partial charge on any atom is 0.352 e. The van der Waals surface area contributed by atoms with E-state index in [9.17, 15) is 4.79 Å². The number of carbonyl (C=O) groups excluding carboxylic acids is 1. The van der Waals surface area contributed by atoms with E-state index in [1.807, 2.05) is 74.5 Å². The Balaban J connectivity index is 1.65. The van der Waals surface area contributed by atoms with Gasteiger partial charge in [-0.05, 0) is 54.8 Å². The van der Waals surface area contributed by atoms with Crippen LogP contribution >= 0.6 is 0 Å². The number of hydrogen-bond acceptors (Lipinski definition) is 6. The molecule has 0 aliphatic rings. The van der Waals surface area contributed by atoms with E-state index in [-0.39, 0.29) is 6.61 Å².